The van der Waals surface area contributed by atoms with Crippen LogP contribution in [-0.2, 0) is 0 Å². The number of hydrogen-bond acceptors (Lipinski definition) is 0. The number of rotatable bonds is 1. The molecule has 1 rings (SSSR count). The van der Waals surface area contributed by atoms with Crippen molar-refractivity contribution in [1.82, 2.24) is 0 Å². The van der Waals surface area contributed by atoms with Crippen molar-refractivity contribution in [3.8, 4) is 0 Å². The summed E-state index contributed by atoms with van der Waals surface area (Å²) >= 11 is 0. The van der Waals surface area contributed by atoms with Gasteiger partial charge in [0.25, 0.3) is 0 Å². The molecule has 0 nitrogen and oxygen atoms in total. The van der Waals surface area contributed by atoms with Crippen LogP contribution in [0.15, 0.2) is 12.2 Å². The zero-order valence-corrected chi connectivity index (χ0v) is 14.0. The minimum Gasteiger partial charge on any atom is -0.0999 e. The fraction of sp³-hybridized carbons (Fsp3) is 0.889. The van der Waals surface area contributed by atoms with E-state index in [2.05, 4.69) is 62.0 Å². The first-order valence-corrected chi connectivity index (χ1v) is 7.55. The van der Waals surface area contributed by atoms with Crippen LogP contribution in [0.3, 0.4) is 0 Å². The molecule has 0 spiro atoms. The van der Waals surface area contributed by atoms with E-state index in [1.165, 1.54) is 24.8 Å². The molecule has 0 aromatic rings. The molecule has 0 amide bonds. The van der Waals surface area contributed by atoms with Gasteiger partial charge in [0.1, 0.15) is 0 Å². The average Bonchev–Trinajstić information content (AvgIpc) is 2.14. The Morgan fingerprint density at radius 3 is 1.94 bits per heavy atom. The molecule has 1 fully saturated rings. The third kappa shape index (κ3) is 2.83. The van der Waals surface area contributed by atoms with Gasteiger partial charge in [-0.1, -0.05) is 60.6 Å². The first-order chi connectivity index (χ1) is 7.89. The molecule has 18 heavy (non-hydrogen) atoms. The molecule has 0 bridgehead atoms. The monoisotopic (exact) mass is 250 g/mol. The van der Waals surface area contributed by atoms with E-state index in [1.807, 2.05) is 0 Å². The van der Waals surface area contributed by atoms with Gasteiger partial charge in [-0.15, -0.1) is 0 Å². The second-order valence-electron chi connectivity index (χ2n) is 8.90. The highest BCUT2D eigenvalue weighted by Gasteiger charge is 2.51. The van der Waals surface area contributed by atoms with Crippen molar-refractivity contribution < 1.29 is 0 Å². The van der Waals surface area contributed by atoms with Gasteiger partial charge in [-0.05, 0) is 54.3 Å². The van der Waals surface area contributed by atoms with E-state index >= 15 is 0 Å². The molecular weight excluding hydrogens is 216 g/mol. The highest BCUT2D eigenvalue weighted by Crippen LogP contribution is 2.59. The first kappa shape index (κ1) is 15.8. The summed E-state index contributed by atoms with van der Waals surface area (Å²) in [7, 11) is 0. The number of allylic oxidation sites excluding steroid dienone is 1. The molecule has 1 aliphatic rings. The van der Waals surface area contributed by atoms with Gasteiger partial charge in [0.15, 0.2) is 0 Å². The maximum atomic E-state index is 4.21. The molecule has 1 saturated carbocycles. The van der Waals surface area contributed by atoms with Gasteiger partial charge in [-0.3, -0.25) is 0 Å². The molecule has 0 aromatic heterocycles. The van der Waals surface area contributed by atoms with Crippen LogP contribution in [-0.4, -0.2) is 0 Å². The molecule has 0 heteroatoms. The molecule has 0 aliphatic heterocycles. The molecule has 0 saturated heterocycles. The Bertz CT molecular complexity index is 310. The Labute approximate surface area is 115 Å². The predicted octanol–water partition coefficient (Wildman–Crippen LogP) is 6.08. The van der Waals surface area contributed by atoms with Crippen LogP contribution in [0.2, 0.25) is 0 Å². The minimum absolute atomic E-state index is 0.380. The van der Waals surface area contributed by atoms with E-state index < -0.39 is 0 Å². The van der Waals surface area contributed by atoms with Crippen LogP contribution in [0.1, 0.15) is 74.7 Å². The predicted molar refractivity (Wildman–Crippen MR) is 82.7 cm³/mol. The molecule has 3 unspecified atom stereocenters. The summed E-state index contributed by atoms with van der Waals surface area (Å²) in [6.07, 6.45) is 4.00. The van der Waals surface area contributed by atoms with Crippen LogP contribution < -0.4 is 0 Å². The molecular formula is C18H34. The second-order valence-corrected chi connectivity index (χ2v) is 8.90. The van der Waals surface area contributed by atoms with Crippen LogP contribution in [0, 0.1) is 28.1 Å². The lowest BCUT2D eigenvalue weighted by Crippen LogP contribution is -2.49. The third-order valence-corrected chi connectivity index (χ3v) is 5.76. The van der Waals surface area contributed by atoms with E-state index in [4.69, 9.17) is 0 Å². The van der Waals surface area contributed by atoms with Crippen molar-refractivity contribution in [1.29, 1.82) is 0 Å². The van der Waals surface area contributed by atoms with Gasteiger partial charge < -0.3 is 0 Å². The second kappa shape index (κ2) is 4.69. The van der Waals surface area contributed by atoms with Gasteiger partial charge in [-0.2, -0.15) is 0 Å². The van der Waals surface area contributed by atoms with E-state index in [0.717, 1.165) is 11.8 Å². The van der Waals surface area contributed by atoms with Crippen molar-refractivity contribution in [3.63, 3.8) is 0 Å². The van der Waals surface area contributed by atoms with Crippen molar-refractivity contribution >= 4 is 0 Å². The largest absolute Gasteiger partial charge is 0.0999 e. The fourth-order valence-corrected chi connectivity index (χ4v) is 3.97. The van der Waals surface area contributed by atoms with Crippen LogP contribution in [0.5, 0.6) is 0 Å². The van der Waals surface area contributed by atoms with Crippen LogP contribution >= 0.6 is 0 Å². The standard InChI is InChI=1S/C18H34/c1-13(2)14-10-11-18(9,17(6,7)8)15(12-14)16(3,4)5/h14-15H,1,10-12H2,2-9H3. The molecule has 1 aliphatic carbocycles. The van der Waals surface area contributed by atoms with Crippen molar-refractivity contribution in [3.05, 3.63) is 12.2 Å². The zero-order valence-electron chi connectivity index (χ0n) is 14.0. The highest BCUT2D eigenvalue weighted by atomic mass is 14.6. The number of hydrogen-bond donors (Lipinski definition) is 0. The summed E-state index contributed by atoms with van der Waals surface area (Å²) < 4.78 is 0. The summed E-state index contributed by atoms with van der Waals surface area (Å²) in [5.41, 5.74) is 2.60. The quantitative estimate of drug-likeness (QED) is 0.495. The minimum atomic E-state index is 0.380. The van der Waals surface area contributed by atoms with Crippen LogP contribution in [0.25, 0.3) is 0 Å². The maximum absolute atomic E-state index is 4.21. The molecule has 106 valence electrons. The maximum Gasteiger partial charge on any atom is -0.0205 e. The van der Waals surface area contributed by atoms with Crippen molar-refractivity contribution in [2.24, 2.45) is 28.1 Å². The summed E-state index contributed by atoms with van der Waals surface area (Å²) in [4.78, 5) is 0. The highest BCUT2D eigenvalue weighted by molar-refractivity contribution is 5.06. The average molecular weight is 250 g/mol. The molecule has 3 atom stereocenters. The van der Waals surface area contributed by atoms with E-state index in [1.54, 1.807) is 0 Å². The lowest BCUT2D eigenvalue weighted by molar-refractivity contribution is -0.0681. The Morgan fingerprint density at radius 1 is 1.11 bits per heavy atom. The van der Waals surface area contributed by atoms with Crippen molar-refractivity contribution in [2.75, 3.05) is 0 Å². The smallest absolute Gasteiger partial charge is 0.0205 e. The third-order valence-electron chi connectivity index (χ3n) is 5.76. The van der Waals surface area contributed by atoms with E-state index in [0.29, 0.717) is 16.2 Å². The Hall–Kier alpha value is -0.260. The fourth-order valence-electron chi connectivity index (χ4n) is 3.97. The van der Waals surface area contributed by atoms with Gasteiger partial charge >= 0.3 is 0 Å². The Morgan fingerprint density at radius 2 is 1.61 bits per heavy atom. The van der Waals surface area contributed by atoms with Crippen LogP contribution in [0.4, 0.5) is 0 Å². The van der Waals surface area contributed by atoms with Gasteiger partial charge in [0.05, 0.1) is 0 Å². The normalized spacial score (nSPS) is 34.4. The van der Waals surface area contributed by atoms with Gasteiger partial charge in [-0.25, -0.2) is 0 Å². The molecule has 0 radical (unpaired) electrons. The Kier molecular flexibility index (Phi) is 4.11. The zero-order chi connectivity index (χ0) is 14.4. The lowest BCUT2D eigenvalue weighted by Gasteiger charge is -2.57. The van der Waals surface area contributed by atoms with Crippen molar-refractivity contribution in [2.45, 2.75) is 74.7 Å². The Balaban J connectivity index is 3.11. The van der Waals surface area contributed by atoms with Gasteiger partial charge in [0.2, 0.25) is 0 Å². The molecule has 0 heterocycles. The summed E-state index contributed by atoms with van der Waals surface area (Å²) in [5, 5.41) is 0. The topological polar surface area (TPSA) is 0 Å². The van der Waals surface area contributed by atoms with Gasteiger partial charge in [0, 0.05) is 0 Å². The van der Waals surface area contributed by atoms with E-state index in [9.17, 15) is 0 Å². The molecule has 0 aromatic carbocycles. The van der Waals surface area contributed by atoms with E-state index in [-0.39, 0.29) is 0 Å². The summed E-state index contributed by atoms with van der Waals surface area (Å²) in [6, 6.07) is 0. The molecule has 0 N–H and O–H groups in total. The lowest BCUT2D eigenvalue weighted by atomic mass is 9.48. The summed E-state index contributed by atoms with van der Waals surface area (Å²) in [5.74, 6) is 1.52. The first-order valence-electron chi connectivity index (χ1n) is 7.55. The summed E-state index contributed by atoms with van der Waals surface area (Å²) in [6.45, 7) is 23.5. The SMILES string of the molecule is C=C(C)C1CCC(C)(C(C)(C)C)C(C(C)(C)C)C1.